The van der Waals surface area contributed by atoms with E-state index in [0.29, 0.717) is 5.69 Å². The molecule has 0 bridgehead atoms. The lowest BCUT2D eigenvalue weighted by Gasteiger charge is -2.32. The molecule has 0 aliphatic carbocycles. The van der Waals surface area contributed by atoms with E-state index in [1.165, 1.54) is 0 Å². The van der Waals surface area contributed by atoms with Gasteiger partial charge in [0.2, 0.25) is 0 Å². The Bertz CT molecular complexity index is 630. The fourth-order valence-electron chi connectivity index (χ4n) is 2.49. The first-order chi connectivity index (χ1) is 11.1. The zero-order valence-electron chi connectivity index (χ0n) is 16.7. The van der Waals surface area contributed by atoms with E-state index in [0.717, 1.165) is 25.9 Å². The van der Waals surface area contributed by atoms with Gasteiger partial charge in [-0.05, 0) is 58.1 Å². The van der Waals surface area contributed by atoms with Gasteiger partial charge in [-0.3, -0.25) is 0 Å². The lowest BCUT2D eigenvalue weighted by molar-refractivity contribution is 0.00578. The van der Waals surface area contributed by atoms with Crippen LogP contribution in [0.3, 0.4) is 0 Å². The molecule has 3 nitrogen and oxygen atoms in total. The summed E-state index contributed by atoms with van der Waals surface area (Å²) in [7, 11) is -0.893. The normalized spacial score (nSPS) is 27.2. The third kappa shape index (κ3) is 2.36. The van der Waals surface area contributed by atoms with Gasteiger partial charge in [-0.15, -0.1) is 0 Å². The Labute approximate surface area is 128 Å². The van der Waals surface area contributed by atoms with Crippen molar-refractivity contribution in [3.63, 3.8) is 0 Å². The summed E-state index contributed by atoms with van der Waals surface area (Å²) in [6.45, 7) is 9.16. The molecule has 20 heavy (non-hydrogen) atoms. The molecule has 1 aromatic rings. The third-order valence-corrected chi connectivity index (χ3v) is 4.54. The molecular weight excluding hydrogens is 249 g/mol. The largest absolute Gasteiger partial charge is 0.494 e. The molecule has 2 aliphatic rings. The smallest absolute Gasteiger partial charge is 0.399 e. The molecule has 3 rings (SSSR count). The molecule has 1 aromatic carbocycles. The van der Waals surface area contributed by atoms with Crippen molar-refractivity contribution in [2.24, 2.45) is 0 Å². The Balaban J connectivity index is 2.08. The van der Waals surface area contributed by atoms with E-state index in [1.54, 1.807) is 0 Å². The van der Waals surface area contributed by atoms with Crippen LogP contribution < -0.4 is 10.4 Å². The third-order valence-electron chi connectivity index (χ3n) is 4.54. The van der Waals surface area contributed by atoms with E-state index >= 15 is 0 Å². The predicted octanol–water partition coefficient (Wildman–Crippen LogP) is 2.59. The Morgan fingerprint density at radius 1 is 1.00 bits per heavy atom. The van der Waals surface area contributed by atoms with Crippen LogP contribution in [-0.4, -0.2) is 31.4 Å². The van der Waals surface area contributed by atoms with Crippen molar-refractivity contribution >= 4 is 18.3 Å². The van der Waals surface area contributed by atoms with Crippen LogP contribution >= 0.6 is 0 Å². The highest BCUT2D eigenvalue weighted by atomic mass is 16.7. The number of rotatable bonds is 2. The number of benzene rings is 1. The zero-order chi connectivity index (χ0) is 17.9. The second-order valence-corrected chi connectivity index (χ2v) is 6.54. The number of hydrogen-bond donors (Lipinski definition) is 0. The fraction of sp³-hybridized carbons (Fsp3) is 0.625. The quantitative estimate of drug-likeness (QED) is 0.776. The van der Waals surface area contributed by atoms with Crippen LogP contribution in [-0.2, 0) is 9.31 Å². The lowest BCUT2D eigenvalue weighted by Crippen LogP contribution is -2.41. The second kappa shape index (κ2) is 4.78. The summed E-state index contributed by atoms with van der Waals surface area (Å²) in [5, 5.41) is 0. The van der Waals surface area contributed by atoms with Crippen LogP contribution in [0.4, 0.5) is 5.69 Å². The van der Waals surface area contributed by atoms with Crippen LogP contribution in [0.2, 0.25) is 0 Å². The first-order valence-corrected chi connectivity index (χ1v) is 7.27. The summed E-state index contributed by atoms with van der Waals surface area (Å²) in [4.78, 5) is 1.94. The maximum atomic E-state index is 8.38. The highest BCUT2D eigenvalue weighted by molar-refractivity contribution is 6.62. The van der Waals surface area contributed by atoms with Crippen LogP contribution in [0, 0.1) is 0 Å². The maximum absolute atomic E-state index is 8.38. The van der Waals surface area contributed by atoms with Gasteiger partial charge in [0.05, 0.1) is 16.7 Å². The Kier molecular flexibility index (Phi) is 2.35. The minimum atomic E-state index is -0.893. The summed E-state index contributed by atoms with van der Waals surface area (Å²) in [5.41, 5.74) is -0.599. The molecule has 0 amide bonds. The van der Waals surface area contributed by atoms with Gasteiger partial charge in [-0.1, -0.05) is 12.1 Å². The minimum absolute atomic E-state index is 0.0115. The molecule has 2 saturated heterocycles. The predicted molar refractivity (Wildman–Crippen MR) is 83.6 cm³/mol. The average molecular weight is 277 g/mol. The molecule has 0 N–H and O–H groups in total. The lowest BCUT2D eigenvalue weighted by atomic mass is 9.79. The molecule has 2 fully saturated rings. The zero-order valence-corrected chi connectivity index (χ0v) is 12.7. The van der Waals surface area contributed by atoms with Crippen molar-refractivity contribution in [2.75, 3.05) is 18.0 Å². The van der Waals surface area contributed by atoms with Gasteiger partial charge < -0.3 is 14.2 Å². The van der Waals surface area contributed by atoms with Gasteiger partial charge in [-0.25, -0.2) is 0 Å². The SMILES string of the molecule is [2H]c1c([2H])c(N2CCCC2)c([2H])c([2H])c1B1OC(C)(C)C(C)(C)O1. The monoisotopic (exact) mass is 277 g/mol. The van der Waals surface area contributed by atoms with Crippen molar-refractivity contribution in [1.82, 2.24) is 0 Å². The van der Waals surface area contributed by atoms with Crippen LogP contribution in [0.5, 0.6) is 0 Å². The molecule has 108 valence electrons. The van der Waals surface area contributed by atoms with Gasteiger partial charge in [0.25, 0.3) is 0 Å². The summed E-state index contributed by atoms with van der Waals surface area (Å²) < 4.78 is 45.4. The first-order valence-electron chi connectivity index (χ1n) is 9.27. The molecule has 0 spiro atoms. The van der Waals surface area contributed by atoms with Crippen molar-refractivity contribution in [1.29, 1.82) is 0 Å². The van der Waals surface area contributed by atoms with Crippen molar-refractivity contribution < 1.29 is 14.8 Å². The van der Waals surface area contributed by atoms with Gasteiger partial charge in [-0.2, -0.15) is 0 Å². The molecule has 2 aliphatic heterocycles. The van der Waals surface area contributed by atoms with E-state index in [9.17, 15) is 0 Å². The van der Waals surface area contributed by atoms with E-state index in [2.05, 4.69) is 0 Å². The molecule has 0 unspecified atom stereocenters. The van der Waals surface area contributed by atoms with Gasteiger partial charge in [0.1, 0.15) is 0 Å². The second-order valence-electron chi connectivity index (χ2n) is 6.54. The summed E-state index contributed by atoms with van der Waals surface area (Å²) in [6, 6.07) is -0.168. The Morgan fingerprint density at radius 2 is 1.50 bits per heavy atom. The standard InChI is InChI=1S/C16H24BNO2/c1-15(2)16(3,4)20-17(19-15)13-7-9-14(10-8-13)18-11-5-6-12-18/h7-10H,5-6,11-12H2,1-4H3/i7D,8D,9D,10D. The van der Waals surface area contributed by atoms with Crippen molar-refractivity contribution in [3.05, 3.63) is 24.2 Å². The van der Waals surface area contributed by atoms with Crippen molar-refractivity contribution in [2.45, 2.75) is 51.7 Å². The molecule has 0 atom stereocenters. The maximum Gasteiger partial charge on any atom is 0.494 e. The average Bonchev–Trinajstić information content (AvgIpc) is 3.05. The summed E-state index contributed by atoms with van der Waals surface area (Å²) in [5.74, 6) is 0. The molecule has 2 heterocycles. The van der Waals surface area contributed by atoms with Gasteiger partial charge >= 0.3 is 7.12 Å². The Hall–Kier alpha value is -0.995. The fourth-order valence-corrected chi connectivity index (χ4v) is 2.49. The number of hydrogen-bond acceptors (Lipinski definition) is 3. The van der Waals surface area contributed by atoms with Crippen molar-refractivity contribution in [3.8, 4) is 0 Å². The molecule has 0 aromatic heterocycles. The molecule has 0 saturated carbocycles. The summed E-state index contributed by atoms with van der Waals surface area (Å²) >= 11 is 0. The van der Waals surface area contributed by atoms with Crippen LogP contribution in [0.25, 0.3) is 0 Å². The first kappa shape index (κ1) is 9.85. The van der Waals surface area contributed by atoms with Gasteiger partial charge in [0, 0.05) is 18.8 Å². The van der Waals surface area contributed by atoms with Crippen LogP contribution in [0.1, 0.15) is 46.0 Å². The van der Waals surface area contributed by atoms with E-state index < -0.39 is 18.3 Å². The molecule has 0 radical (unpaired) electrons. The molecular formula is C16H24BNO2. The topological polar surface area (TPSA) is 21.7 Å². The number of nitrogens with zero attached hydrogens (tertiary/aromatic N) is 1. The van der Waals surface area contributed by atoms with E-state index in [-0.39, 0.29) is 29.6 Å². The van der Waals surface area contributed by atoms with E-state index in [4.69, 9.17) is 14.8 Å². The molecule has 4 heteroatoms. The van der Waals surface area contributed by atoms with Gasteiger partial charge in [0.15, 0.2) is 0 Å². The Morgan fingerprint density at radius 3 is 2.00 bits per heavy atom. The van der Waals surface area contributed by atoms with E-state index in [1.807, 2.05) is 32.6 Å². The highest BCUT2D eigenvalue weighted by Gasteiger charge is 2.51. The summed E-state index contributed by atoms with van der Waals surface area (Å²) in [6.07, 6.45) is 2.02. The number of anilines is 1. The van der Waals surface area contributed by atoms with Crippen LogP contribution in [0.15, 0.2) is 24.2 Å². The highest BCUT2D eigenvalue weighted by Crippen LogP contribution is 2.36. The minimum Gasteiger partial charge on any atom is -0.399 e.